The van der Waals surface area contributed by atoms with E-state index in [4.69, 9.17) is 9.47 Å². The van der Waals surface area contributed by atoms with Crippen LogP contribution in [0.15, 0.2) is 41.2 Å². The third kappa shape index (κ3) is 4.74. The molecular weight excluding hydrogens is 430 g/mol. The van der Waals surface area contributed by atoms with Gasteiger partial charge in [0.1, 0.15) is 0 Å². The van der Waals surface area contributed by atoms with Crippen LogP contribution in [-0.4, -0.2) is 28.7 Å². The molecule has 5 rings (SSSR count). The molecule has 2 aromatic carbocycles. The van der Waals surface area contributed by atoms with E-state index in [1.807, 2.05) is 44.2 Å². The van der Waals surface area contributed by atoms with Crippen molar-refractivity contribution in [3.05, 3.63) is 69.0 Å². The predicted octanol–water partition coefficient (Wildman–Crippen LogP) is 4.92. The van der Waals surface area contributed by atoms with E-state index in [-0.39, 0.29) is 31.0 Å². The number of rotatable bonds is 5. The number of nitrogens with one attached hydrogen (secondary N) is 2. The summed E-state index contributed by atoms with van der Waals surface area (Å²) in [6.07, 6.45) is 5.49. The molecule has 0 radical (unpaired) electrons. The van der Waals surface area contributed by atoms with Gasteiger partial charge in [0.2, 0.25) is 6.79 Å². The number of fused-ring (bicyclic) bond motifs is 2. The number of aromatic amines is 1. The fourth-order valence-electron chi connectivity index (χ4n) is 5.01. The van der Waals surface area contributed by atoms with Crippen molar-refractivity contribution in [2.45, 2.75) is 65.1 Å². The molecule has 2 heterocycles. The highest BCUT2D eigenvalue weighted by molar-refractivity contribution is 5.83. The molecular formula is C27H31N3O4. The van der Waals surface area contributed by atoms with E-state index >= 15 is 0 Å². The first-order chi connectivity index (χ1) is 16.5. The van der Waals surface area contributed by atoms with Crippen LogP contribution in [0.25, 0.3) is 10.9 Å². The number of amides is 2. The monoisotopic (exact) mass is 461 g/mol. The molecule has 0 saturated heterocycles. The van der Waals surface area contributed by atoms with Gasteiger partial charge in [-0.15, -0.1) is 0 Å². The normalized spacial score (nSPS) is 15.5. The maximum atomic E-state index is 13.4. The van der Waals surface area contributed by atoms with E-state index in [0.717, 1.165) is 53.3 Å². The molecule has 7 heteroatoms. The van der Waals surface area contributed by atoms with Crippen LogP contribution < -0.4 is 20.3 Å². The zero-order valence-electron chi connectivity index (χ0n) is 19.8. The summed E-state index contributed by atoms with van der Waals surface area (Å²) in [5, 5.41) is 4.20. The summed E-state index contributed by atoms with van der Waals surface area (Å²) in [5.74, 6) is 1.39. The second kappa shape index (κ2) is 9.41. The van der Waals surface area contributed by atoms with Crippen molar-refractivity contribution < 1.29 is 14.3 Å². The number of pyridine rings is 1. The van der Waals surface area contributed by atoms with E-state index < -0.39 is 0 Å². The number of aromatic nitrogens is 1. The summed E-state index contributed by atoms with van der Waals surface area (Å²) in [7, 11) is 0. The molecule has 7 nitrogen and oxygen atoms in total. The molecule has 1 aromatic heterocycles. The van der Waals surface area contributed by atoms with Crippen LogP contribution in [0.5, 0.6) is 11.5 Å². The SMILES string of the molecule is Cc1cc(C)c2cc(CN(Cc3ccc4c(c3)OCO4)C(=O)NC3CCCCC3)c(=O)[nH]c2c1. The van der Waals surface area contributed by atoms with Gasteiger partial charge in [0.15, 0.2) is 11.5 Å². The highest BCUT2D eigenvalue weighted by Gasteiger charge is 2.23. The first-order valence-corrected chi connectivity index (χ1v) is 12.0. The molecule has 178 valence electrons. The molecule has 0 unspecified atom stereocenters. The van der Waals surface area contributed by atoms with Crippen LogP contribution in [0.2, 0.25) is 0 Å². The molecule has 1 aliphatic heterocycles. The Kier molecular flexibility index (Phi) is 6.18. The number of urea groups is 1. The lowest BCUT2D eigenvalue weighted by molar-refractivity contribution is 0.173. The van der Waals surface area contributed by atoms with Gasteiger partial charge in [-0.3, -0.25) is 4.79 Å². The minimum absolute atomic E-state index is 0.148. The van der Waals surface area contributed by atoms with Crippen LogP contribution in [-0.2, 0) is 13.1 Å². The minimum Gasteiger partial charge on any atom is -0.454 e. The number of aryl methyl sites for hydroxylation is 2. The van der Waals surface area contributed by atoms with E-state index in [1.54, 1.807) is 4.90 Å². The van der Waals surface area contributed by atoms with Gasteiger partial charge in [-0.2, -0.15) is 0 Å². The Morgan fingerprint density at radius 2 is 1.82 bits per heavy atom. The molecule has 2 aliphatic rings. The fourth-order valence-corrected chi connectivity index (χ4v) is 5.01. The summed E-state index contributed by atoms with van der Waals surface area (Å²) >= 11 is 0. The summed E-state index contributed by atoms with van der Waals surface area (Å²) < 4.78 is 10.9. The van der Waals surface area contributed by atoms with Crippen LogP contribution in [0, 0.1) is 13.8 Å². The number of nitrogens with zero attached hydrogens (tertiary/aromatic N) is 1. The number of benzene rings is 2. The first-order valence-electron chi connectivity index (χ1n) is 12.0. The number of ether oxygens (including phenoxy) is 2. The molecule has 1 saturated carbocycles. The fraction of sp³-hybridized carbons (Fsp3) is 0.407. The summed E-state index contributed by atoms with van der Waals surface area (Å²) in [5.41, 5.74) is 4.34. The van der Waals surface area contributed by atoms with Crippen LogP contribution in [0.3, 0.4) is 0 Å². The van der Waals surface area contributed by atoms with Crippen molar-refractivity contribution in [3.63, 3.8) is 0 Å². The topological polar surface area (TPSA) is 83.7 Å². The quantitative estimate of drug-likeness (QED) is 0.565. The maximum absolute atomic E-state index is 13.4. The Morgan fingerprint density at radius 1 is 1.03 bits per heavy atom. The van der Waals surface area contributed by atoms with Gasteiger partial charge in [0.05, 0.1) is 6.54 Å². The summed E-state index contributed by atoms with van der Waals surface area (Å²) in [6.45, 7) is 4.83. The lowest BCUT2D eigenvalue weighted by Crippen LogP contribution is -2.45. The average Bonchev–Trinajstić information content (AvgIpc) is 3.28. The van der Waals surface area contributed by atoms with E-state index in [0.29, 0.717) is 23.6 Å². The van der Waals surface area contributed by atoms with Gasteiger partial charge >= 0.3 is 6.03 Å². The van der Waals surface area contributed by atoms with E-state index in [2.05, 4.69) is 16.4 Å². The zero-order chi connectivity index (χ0) is 23.7. The van der Waals surface area contributed by atoms with Gasteiger partial charge in [-0.1, -0.05) is 31.4 Å². The highest BCUT2D eigenvalue weighted by atomic mass is 16.7. The van der Waals surface area contributed by atoms with Crippen molar-refractivity contribution >= 4 is 16.9 Å². The Bertz CT molecular complexity index is 1280. The molecule has 34 heavy (non-hydrogen) atoms. The average molecular weight is 462 g/mol. The van der Waals surface area contributed by atoms with Crippen LogP contribution >= 0.6 is 0 Å². The van der Waals surface area contributed by atoms with Gasteiger partial charge in [-0.05, 0) is 67.6 Å². The summed E-state index contributed by atoms with van der Waals surface area (Å²) in [6, 6.07) is 11.7. The van der Waals surface area contributed by atoms with Crippen molar-refractivity contribution in [2.75, 3.05) is 6.79 Å². The molecule has 0 bridgehead atoms. The van der Waals surface area contributed by atoms with Crippen molar-refractivity contribution in [1.82, 2.24) is 15.2 Å². The standard InChI is InChI=1S/C27H31N3O4/c1-17-10-18(2)22-13-20(26(31)29-23(22)11-17)15-30(27(32)28-21-6-4-3-5-7-21)14-19-8-9-24-25(12-19)34-16-33-24/h8-13,21H,3-7,14-16H2,1-2H3,(H,28,32)(H,29,31). The Balaban J connectivity index is 1.44. The third-order valence-electron chi connectivity index (χ3n) is 6.78. The molecule has 2 N–H and O–H groups in total. The summed E-state index contributed by atoms with van der Waals surface area (Å²) in [4.78, 5) is 31.1. The van der Waals surface area contributed by atoms with E-state index in [1.165, 1.54) is 6.42 Å². The predicted molar refractivity (Wildman–Crippen MR) is 131 cm³/mol. The lowest BCUT2D eigenvalue weighted by atomic mass is 9.96. The second-order valence-electron chi connectivity index (χ2n) is 9.49. The van der Waals surface area contributed by atoms with Gasteiger partial charge in [0.25, 0.3) is 5.56 Å². The highest BCUT2D eigenvalue weighted by Crippen LogP contribution is 2.33. The van der Waals surface area contributed by atoms with Crippen LogP contribution in [0.4, 0.5) is 4.79 Å². The second-order valence-corrected chi connectivity index (χ2v) is 9.49. The molecule has 1 fully saturated rings. The van der Waals surface area contributed by atoms with Crippen LogP contribution in [0.1, 0.15) is 54.4 Å². The Hall–Kier alpha value is -3.48. The minimum atomic E-state index is -0.168. The molecule has 1 aliphatic carbocycles. The molecule has 2 amide bonds. The number of hydrogen-bond donors (Lipinski definition) is 2. The number of H-pyrrole nitrogens is 1. The largest absolute Gasteiger partial charge is 0.454 e. The van der Waals surface area contributed by atoms with Crippen molar-refractivity contribution in [2.24, 2.45) is 0 Å². The zero-order valence-corrected chi connectivity index (χ0v) is 19.8. The van der Waals surface area contributed by atoms with Gasteiger partial charge < -0.3 is 24.7 Å². The number of carbonyl (C=O) groups is 1. The maximum Gasteiger partial charge on any atom is 0.318 e. The van der Waals surface area contributed by atoms with E-state index in [9.17, 15) is 9.59 Å². The van der Waals surface area contributed by atoms with Gasteiger partial charge in [0, 0.05) is 29.1 Å². The number of carbonyl (C=O) groups excluding carboxylic acids is 1. The smallest absolute Gasteiger partial charge is 0.318 e. The Morgan fingerprint density at radius 3 is 2.65 bits per heavy atom. The first kappa shape index (κ1) is 22.3. The number of hydrogen-bond acceptors (Lipinski definition) is 4. The molecule has 3 aromatic rings. The molecule has 0 spiro atoms. The van der Waals surface area contributed by atoms with Crippen molar-refractivity contribution in [1.29, 1.82) is 0 Å². The Labute approximate surface area is 199 Å². The van der Waals surface area contributed by atoms with Gasteiger partial charge in [-0.25, -0.2) is 4.79 Å². The third-order valence-corrected chi connectivity index (χ3v) is 6.78. The lowest BCUT2D eigenvalue weighted by Gasteiger charge is -2.28. The van der Waals surface area contributed by atoms with Crippen molar-refractivity contribution in [3.8, 4) is 11.5 Å². The molecule has 0 atom stereocenters.